The van der Waals surface area contributed by atoms with E-state index in [1.165, 1.54) is 11.3 Å². The van der Waals surface area contributed by atoms with Crippen molar-refractivity contribution in [3.05, 3.63) is 54.1 Å². The highest BCUT2D eigenvalue weighted by Crippen LogP contribution is 2.27. The number of nitrogens with one attached hydrogen (secondary N) is 1. The number of benzene rings is 2. The normalized spacial score (nSPS) is 17.3. The number of piperazine rings is 1. The molecule has 2 aliphatic rings. The van der Waals surface area contributed by atoms with Gasteiger partial charge >= 0.3 is 6.03 Å². The molecule has 29 heavy (non-hydrogen) atoms. The maximum atomic E-state index is 12.9. The second kappa shape index (κ2) is 9.18. The van der Waals surface area contributed by atoms with E-state index in [4.69, 9.17) is 4.74 Å². The third kappa shape index (κ3) is 4.48. The second-order valence-electron chi connectivity index (χ2n) is 7.50. The minimum Gasteiger partial charge on any atom is -0.378 e. The predicted molar refractivity (Wildman–Crippen MR) is 118 cm³/mol. The average molecular weight is 395 g/mol. The zero-order valence-electron chi connectivity index (χ0n) is 17.1. The van der Waals surface area contributed by atoms with E-state index in [0.29, 0.717) is 0 Å². The number of rotatable bonds is 4. The number of ether oxygens (including phenoxy) is 1. The summed E-state index contributed by atoms with van der Waals surface area (Å²) in [6, 6.07) is 16.6. The number of urea groups is 1. The van der Waals surface area contributed by atoms with Crippen LogP contribution < -0.4 is 15.1 Å². The molecule has 0 unspecified atom stereocenters. The van der Waals surface area contributed by atoms with Crippen LogP contribution in [-0.2, 0) is 11.2 Å². The molecule has 2 amide bonds. The van der Waals surface area contributed by atoms with E-state index in [0.717, 1.165) is 70.3 Å². The van der Waals surface area contributed by atoms with Crippen LogP contribution in [-0.4, -0.2) is 63.4 Å². The summed E-state index contributed by atoms with van der Waals surface area (Å²) in [5, 5.41) is 3.14. The lowest BCUT2D eigenvalue weighted by Crippen LogP contribution is -2.50. The standard InChI is InChI=1S/C23H30N4O2/c1-2-19-7-3-5-9-21(19)25-11-13-27(14-12-25)23(28)24-20-8-4-6-10-22(20)26-15-17-29-18-16-26/h3-10H,2,11-18H2,1H3,(H,24,28). The molecule has 2 fully saturated rings. The molecule has 6 nitrogen and oxygen atoms in total. The van der Waals surface area contributed by atoms with Crippen molar-refractivity contribution < 1.29 is 9.53 Å². The van der Waals surface area contributed by atoms with Gasteiger partial charge in [-0.05, 0) is 30.2 Å². The lowest BCUT2D eigenvalue weighted by atomic mass is 10.1. The fraction of sp³-hybridized carbons (Fsp3) is 0.435. The minimum atomic E-state index is -0.0193. The number of hydrogen-bond acceptors (Lipinski definition) is 4. The zero-order chi connectivity index (χ0) is 20.1. The molecule has 4 rings (SSSR count). The Labute approximate surface area is 173 Å². The van der Waals surface area contributed by atoms with Gasteiger partial charge in [-0.2, -0.15) is 0 Å². The number of para-hydroxylation sites is 3. The lowest BCUT2D eigenvalue weighted by Gasteiger charge is -2.37. The molecule has 0 spiro atoms. The van der Waals surface area contributed by atoms with Gasteiger partial charge in [-0.15, -0.1) is 0 Å². The molecule has 1 N–H and O–H groups in total. The molecular formula is C23H30N4O2. The van der Waals surface area contributed by atoms with Gasteiger partial charge in [-0.1, -0.05) is 37.3 Å². The van der Waals surface area contributed by atoms with Gasteiger partial charge in [0.1, 0.15) is 0 Å². The fourth-order valence-electron chi connectivity index (χ4n) is 4.12. The summed E-state index contributed by atoms with van der Waals surface area (Å²) in [5.74, 6) is 0. The summed E-state index contributed by atoms with van der Waals surface area (Å²) in [6.45, 7) is 8.50. The van der Waals surface area contributed by atoms with Crippen molar-refractivity contribution in [1.29, 1.82) is 0 Å². The second-order valence-corrected chi connectivity index (χ2v) is 7.50. The van der Waals surface area contributed by atoms with Gasteiger partial charge in [-0.3, -0.25) is 0 Å². The highest BCUT2D eigenvalue weighted by atomic mass is 16.5. The number of morpholine rings is 1. The van der Waals surface area contributed by atoms with E-state index in [1.807, 2.05) is 23.1 Å². The molecule has 0 radical (unpaired) electrons. The predicted octanol–water partition coefficient (Wildman–Crippen LogP) is 3.44. The summed E-state index contributed by atoms with van der Waals surface area (Å²) in [5.41, 5.74) is 4.61. The number of hydrogen-bond donors (Lipinski definition) is 1. The smallest absolute Gasteiger partial charge is 0.322 e. The first-order valence-corrected chi connectivity index (χ1v) is 10.6. The summed E-state index contributed by atoms with van der Waals surface area (Å²) in [4.78, 5) is 19.5. The van der Waals surface area contributed by atoms with E-state index in [1.54, 1.807) is 0 Å². The van der Waals surface area contributed by atoms with Crippen LogP contribution in [0.25, 0.3) is 0 Å². The van der Waals surface area contributed by atoms with Crippen LogP contribution in [0.1, 0.15) is 12.5 Å². The molecule has 154 valence electrons. The minimum absolute atomic E-state index is 0.0193. The zero-order valence-corrected chi connectivity index (χ0v) is 17.1. The molecule has 0 aromatic heterocycles. The third-order valence-corrected chi connectivity index (χ3v) is 5.78. The maximum Gasteiger partial charge on any atom is 0.322 e. The first-order valence-electron chi connectivity index (χ1n) is 10.6. The van der Waals surface area contributed by atoms with E-state index < -0.39 is 0 Å². The van der Waals surface area contributed by atoms with Gasteiger partial charge in [0.25, 0.3) is 0 Å². The Hall–Kier alpha value is -2.73. The van der Waals surface area contributed by atoms with Crippen molar-refractivity contribution in [2.24, 2.45) is 0 Å². The summed E-state index contributed by atoms with van der Waals surface area (Å²) in [7, 11) is 0. The van der Waals surface area contributed by atoms with Crippen LogP contribution in [0.5, 0.6) is 0 Å². The van der Waals surface area contributed by atoms with Gasteiger partial charge in [0.15, 0.2) is 0 Å². The quantitative estimate of drug-likeness (QED) is 0.863. The molecule has 2 aromatic carbocycles. The monoisotopic (exact) mass is 394 g/mol. The van der Waals surface area contributed by atoms with E-state index in [9.17, 15) is 4.79 Å². The van der Waals surface area contributed by atoms with Crippen LogP contribution in [0.15, 0.2) is 48.5 Å². The van der Waals surface area contributed by atoms with E-state index in [-0.39, 0.29) is 6.03 Å². The van der Waals surface area contributed by atoms with Gasteiger partial charge < -0.3 is 24.8 Å². The third-order valence-electron chi connectivity index (χ3n) is 5.78. The Morgan fingerprint density at radius 2 is 1.48 bits per heavy atom. The number of nitrogens with zero attached hydrogens (tertiary/aromatic N) is 3. The largest absolute Gasteiger partial charge is 0.378 e. The number of carbonyl (C=O) groups is 1. The van der Waals surface area contributed by atoms with Crippen LogP contribution in [0.3, 0.4) is 0 Å². The van der Waals surface area contributed by atoms with E-state index in [2.05, 4.69) is 52.4 Å². The number of aryl methyl sites for hydroxylation is 1. The molecule has 6 heteroatoms. The molecule has 0 saturated carbocycles. The summed E-state index contributed by atoms with van der Waals surface area (Å²) in [6.07, 6.45) is 1.02. The van der Waals surface area contributed by atoms with Crippen molar-refractivity contribution in [2.75, 3.05) is 67.6 Å². The fourth-order valence-corrected chi connectivity index (χ4v) is 4.12. The Bertz CT molecular complexity index is 827. The van der Waals surface area contributed by atoms with Crippen LogP contribution >= 0.6 is 0 Å². The van der Waals surface area contributed by atoms with Crippen LogP contribution in [0.2, 0.25) is 0 Å². The Kier molecular flexibility index (Phi) is 6.20. The Morgan fingerprint density at radius 3 is 2.21 bits per heavy atom. The van der Waals surface area contributed by atoms with Crippen molar-refractivity contribution in [2.45, 2.75) is 13.3 Å². The van der Waals surface area contributed by atoms with Gasteiger partial charge in [0, 0.05) is 45.0 Å². The van der Waals surface area contributed by atoms with Crippen molar-refractivity contribution >= 4 is 23.1 Å². The maximum absolute atomic E-state index is 12.9. The highest BCUT2D eigenvalue weighted by Gasteiger charge is 2.23. The summed E-state index contributed by atoms with van der Waals surface area (Å²) >= 11 is 0. The van der Waals surface area contributed by atoms with Gasteiger partial charge in [-0.25, -0.2) is 4.79 Å². The highest BCUT2D eigenvalue weighted by molar-refractivity contribution is 5.93. The Balaban J connectivity index is 1.38. The average Bonchev–Trinajstić information content (AvgIpc) is 2.80. The lowest BCUT2D eigenvalue weighted by molar-refractivity contribution is 0.123. The first kappa shape index (κ1) is 19.6. The molecule has 2 aromatic rings. The molecule has 0 bridgehead atoms. The number of carbonyl (C=O) groups excluding carboxylic acids is 1. The van der Waals surface area contributed by atoms with Crippen molar-refractivity contribution in [3.63, 3.8) is 0 Å². The summed E-state index contributed by atoms with van der Waals surface area (Å²) < 4.78 is 5.46. The molecule has 2 heterocycles. The van der Waals surface area contributed by atoms with Crippen molar-refractivity contribution in [1.82, 2.24) is 4.90 Å². The van der Waals surface area contributed by atoms with Gasteiger partial charge in [0.05, 0.1) is 24.6 Å². The molecular weight excluding hydrogens is 364 g/mol. The first-order chi connectivity index (χ1) is 14.3. The van der Waals surface area contributed by atoms with E-state index >= 15 is 0 Å². The van der Waals surface area contributed by atoms with Gasteiger partial charge in [0.2, 0.25) is 0 Å². The number of amides is 2. The Morgan fingerprint density at radius 1 is 0.862 bits per heavy atom. The molecule has 2 saturated heterocycles. The molecule has 2 aliphatic heterocycles. The molecule has 0 atom stereocenters. The van der Waals surface area contributed by atoms with Crippen molar-refractivity contribution in [3.8, 4) is 0 Å². The molecule has 0 aliphatic carbocycles. The number of anilines is 3. The van der Waals surface area contributed by atoms with Crippen LogP contribution in [0, 0.1) is 0 Å². The topological polar surface area (TPSA) is 48.0 Å². The van der Waals surface area contributed by atoms with Crippen LogP contribution in [0.4, 0.5) is 21.9 Å². The SMILES string of the molecule is CCc1ccccc1N1CCN(C(=O)Nc2ccccc2N2CCOCC2)CC1.